The first-order chi connectivity index (χ1) is 8.61. The van der Waals surface area contributed by atoms with Crippen molar-refractivity contribution in [3.05, 3.63) is 46.3 Å². The Balaban J connectivity index is 2.49. The van der Waals surface area contributed by atoms with Crippen LogP contribution in [0.1, 0.15) is 5.56 Å². The van der Waals surface area contributed by atoms with Crippen molar-refractivity contribution in [2.45, 2.75) is 6.54 Å². The molecule has 0 unspecified atom stereocenters. The molecule has 0 saturated carbocycles. The van der Waals surface area contributed by atoms with Gasteiger partial charge in [-0.15, -0.1) is 0 Å². The van der Waals surface area contributed by atoms with Gasteiger partial charge in [-0.25, -0.2) is 0 Å². The highest BCUT2D eigenvalue weighted by atomic mass is 16.6. The van der Waals surface area contributed by atoms with Crippen molar-refractivity contribution in [1.82, 2.24) is 15.1 Å². The smallest absolute Gasteiger partial charge is 0.269 e. The summed E-state index contributed by atoms with van der Waals surface area (Å²) in [5.74, 6) is 0. The Kier molecular flexibility index (Phi) is 3.38. The second kappa shape index (κ2) is 4.97. The van der Waals surface area contributed by atoms with Crippen molar-refractivity contribution in [3.8, 4) is 11.1 Å². The minimum absolute atomic E-state index is 0.105. The third-order valence-electron chi connectivity index (χ3n) is 2.68. The Morgan fingerprint density at radius 2 is 2.28 bits per heavy atom. The molecule has 0 aliphatic heterocycles. The summed E-state index contributed by atoms with van der Waals surface area (Å²) in [5.41, 5.74) is 2.91. The van der Waals surface area contributed by atoms with E-state index in [1.54, 1.807) is 23.0 Å². The van der Waals surface area contributed by atoms with E-state index in [4.69, 9.17) is 0 Å². The van der Waals surface area contributed by atoms with E-state index in [0.717, 1.165) is 16.7 Å². The fourth-order valence-corrected chi connectivity index (χ4v) is 1.87. The van der Waals surface area contributed by atoms with Crippen molar-refractivity contribution in [2.75, 3.05) is 7.05 Å². The lowest BCUT2D eigenvalue weighted by molar-refractivity contribution is -0.384. The van der Waals surface area contributed by atoms with E-state index in [-0.39, 0.29) is 10.6 Å². The molecule has 1 heterocycles. The van der Waals surface area contributed by atoms with Crippen molar-refractivity contribution in [3.63, 3.8) is 0 Å². The van der Waals surface area contributed by atoms with Crippen LogP contribution in [0.25, 0.3) is 11.1 Å². The van der Waals surface area contributed by atoms with E-state index >= 15 is 0 Å². The predicted octanol–water partition coefficient (Wildman–Crippen LogP) is 1.71. The maximum absolute atomic E-state index is 10.8. The summed E-state index contributed by atoms with van der Waals surface area (Å²) in [6.45, 7) is 0.575. The highest BCUT2D eigenvalue weighted by Gasteiger charge is 2.12. The highest BCUT2D eigenvalue weighted by molar-refractivity contribution is 5.67. The molecule has 0 aliphatic carbocycles. The van der Waals surface area contributed by atoms with Gasteiger partial charge in [0.05, 0.1) is 11.1 Å². The van der Waals surface area contributed by atoms with Crippen molar-refractivity contribution < 1.29 is 4.92 Å². The molecule has 6 nitrogen and oxygen atoms in total. The van der Waals surface area contributed by atoms with E-state index < -0.39 is 0 Å². The molecule has 0 bridgehead atoms. The van der Waals surface area contributed by atoms with E-state index in [9.17, 15) is 10.1 Å². The number of aromatic nitrogens is 2. The number of nitro groups is 1. The molecule has 0 radical (unpaired) electrons. The van der Waals surface area contributed by atoms with Crippen LogP contribution in [0.2, 0.25) is 0 Å². The molecule has 18 heavy (non-hydrogen) atoms. The molecule has 2 aromatic rings. The summed E-state index contributed by atoms with van der Waals surface area (Å²) >= 11 is 0. The zero-order chi connectivity index (χ0) is 13.1. The standard InChI is InChI=1S/C12H14N4O2/c1-13-6-9-5-11(16(17)18)3-4-12(9)10-7-14-15(2)8-10/h3-5,7-8,13H,6H2,1-2H3. The van der Waals surface area contributed by atoms with Gasteiger partial charge in [0.2, 0.25) is 0 Å². The topological polar surface area (TPSA) is 73.0 Å². The monoisotopic (exact) mass is 246 g/mol. The van der Waals surface area contributed by atoms with E-state index in [1.165, 1.54) is 6.07 Å². The van der Waals surface area contributed by atoms with Crippen molar-refractivity contribution in [1.29, 1.82) is 0 Å². The molecule has 0 fully saturated rings. The van der Waals surface area contributed by atoms with Gasteiger partial charge in [0.25, 0.3) is 5.69 Å². The number of hydrogen-bond acceptors (Lipinski definition) is 4. The summed E-state index contributed by atoms with van der Waals surface area (Å²) < 4.78 is 1.71. The van der Waals surface area contributed by atoms with E-state index in [1.807, 2.05) is 20.3 Å². The molecule has 0 saturated heterocycles. The summed E-state index contributed by atoms with van der Waals surface area (Å²) in [6, 6.07) is 4.88. The summed E-state index contributed by atoms with van der Waals surface area (Å²) in [4.78, 5) is 10.4. The fourth-order valence-electron chi connectivity index (χ4n) is 1.87. The lowest BCUT2D eigenvalue weighted by Gasteiger charge is -2.07. The van der Waals surface area contributed by atoms with Gasteiger partial charge in [0.1, 0.15) is 0 Å². The number of aryl methyl sites for hydroxylation is 1. The molecule has 0 aliphatic rings. The Hall–Kier alpha value is -2.21. The molecule has 0 amide bonds. The average Bonchev–Trinajstić information content (AvgIpc) is 2.76. The quantitative estimate of drug-likeness (QED) is 0.658. The molecular formula is C12H14N4O2. The van der Waals surface area contributed by atoms with Crippen LogP contribution in [0.5, 0.6) is 0 Å². The maximum Gasteiger partial charge on any atom is 0.269 e. The van der Waals surface area contributed by atoms with Crippen molar-refractivity contribution in [2.24, 2.45) is 7.05 Å². The Morgan fingerprint density at radius 3 is 2.83 bits per heavy atom. The summed E-state index contributed by atoms with van der Waals surface area (Å²) in [7, 11) is 3.65. The van der Waals surface area contributed by atoms with Gasteiger partial charge in [-0.05, 0) is 24.2 Å². The van der Waals surface area contributed by atoms with E-state index in [2.05, 4.69) is 10.4 Å². The Bertz CT molecular complexity index is 577. The third-order valence-corrected chi connectivity index (χ3v) is 2.68. The molecule has 1 N–H and O–H groups in total. The van der Waals surface area contributed by atoms with Crippen LogP contribution in [0.15, 0.2) is 30.6 Å². The number of benzene rings is 1. The van der Waals surface area contributed by atoms with Crippen LogP contribution in [0.4, 0.5) is 5.69 Å². The molecular weight excluding hydrogens is 232 g/mol. The number of nitrogens with zero attached hydrogens (tertiary/aromatic N) is 3. The lowest BCUT2D eigenvalue weighted by atomic mass is 10.0. The van der Waals surface area contributed by atoms with Gasteiger partial charge in [0, 0.05) is 37.5 Å². The number of rotatable bonds is 4. The molecule has 6 heteroatoms. The van der Waals surface area contributed by atoms with Gasteiger partial charge >= 0.3 is 0 Å². The highest BCUT2D eigenvalue weighted by Crippen LogP contribution is 2.26. The number of non-ortho nitro benzene ring substituents is 1. The van der Waals surface area contributed by atoms with Crippen LogP contribution < -0.4 is 5.32 Å². The van der Waals surface area contributed by atoms with Crippen molar-refractivity contribution >= 4 is 5.69 Å². The van der Waals surface area contributed by atoms with E-state index in [0.29, 0.717) is 6.54 Å². The molecule has 1 aromatic heterocycles. The normalized spacial score (nSPS) is 10.6. The van der Waals surface area contributed by atoms with Crippen LogP contribution >= 0.6 is 0 Å². The van der Waals surface area contributed by atoms with Crippen LogP contribution in [-0.2, 0) is 13.6 Å². The van der Waals surface area contributed by atoms with Gasteiger partial charge in [-0.3, -0.25) is 14.8 Å². The molecule has 0 atom stereocenters. The van der Waals surface area contributed by atoms with Crippen LogP contribution in [0.3, 0.4) is 0 Å². The largest absolute Gasteiger partial charge is 0.316 e. The predicted molar refractivity (Wildman–Crippen MR) is 68.1 cm³/mol. The Morgan fingerprint density at radius 1 is 1.50 bits per heavy atom. The second-order valence-electron chi connectivity index (χ2n) is 4.03. The zero-order valence-electron chi connectivity index (χ0n) is 10.3. The van der Waals surface area contributed by atoms with Gasteiger partial charge < -0.3 is 5.32 Å². The minimum atomic E-state index is -0.383. The molecule has 0 spiro atoms. The first-order valence-corrected chi connectivity index (χ1v) is 5.52. The zero-order valence-corrected chi connectivity index (χ0v) is 10.3. The van der Waals surface area contributed by atoms with Crippen LogP contribution in [0, 0.1) is 10.1 Å². The van der Waals surface area contributed by atoms with Gasteiger partial charge in [-0.1, -0.05) is 0 Å². The second-order valence-corrected chi connectivity index (χ2v) is 4.03. The Labute approximate surface area is 104 Å². The molecule has 2 rings (SSSR count). The summed E-state index contributed by atoms with van der Waals surface area (Å²) in [6.07, 6.45) is 3.64. The number of nitro benzene ring substituents is 1. The first-order valence-electron chi connectivity index (χ1n) is 5.52. The average molecular weight is 246 g/mol. The number of hydrogen-bond donors (Lipinski definition) is 1. The third kappa shape index (κ3) is 2.38. The molecule has 1 aromatic carbocycles. The maximum atomic E-state index is 10.8. The van der Waals surface area contributed by atoms with Crippen LogP contribution in [-0.4, -0.2) is 21.8 Å². The minimum Gasteiger partial charge on any atom is -0.316 e. The van der Waals surface area contributed by atoms with Gasteiger partial charge in [0.15, 0.2) is 0 Å². The first kappa shape index (κ1) is 12.3. The molecule has 94 valence electrons. The van der Waals surface area contributed by atoms with Gasteiger partial charge in [-0.2, -0.15) is 5.10 Å². The lowest BCUT2D eigenvalue weighted by Crippen LogP contribution is -2.06. The number of nitrogens with one attached hydrogen (secondary N) is 1. The SMILES string of the molecule is CNCc1cc([N+](=O)[O-])ccc1-c1cnn(C)c1. The fraction of sp³-hybridized carbons (Fsp3) is 0.250. The summed E-state index contributed by atoms with van der Waals surface area (Å²) in [5, 5.41) is 17.9.